The van der Waals surface area contributed by atoms with Crippen molar-refractivity contribution in [1.29, 1.82) is 0 Å². The van der Waals surface area contributed by atoms with Gasteiger partial charge in [0.05, 0.1) is 17.4 Å². The number of hydrogen-bond acceptors (Lipinski definition) is 6. The van der Waals surface area contributed by atoms with Crippen LogP contribution in [0.15, 0.2) is 60.0 Å². The Morgan fingerprint density at radius 1 is 1.09 bits per heavy atom. The Labute approximate surface area is 205 Å². The lowest BCUT2D eigenvalue weighted by atomic mass is 9.45. The third-order valence-corrected chi connectivity index (χ3v) is 8.24. The Kier molecular flexibility index (Phi) is 6.13. The molecule has 2 bridgehead atoms. The van der Waals surface area contributed by atoms with Crippen LogP contribution in [-0.4, -0.2) is 31.7 Å². The first kappa shape index (κ1) is 23.2. The summed E-state index contributed by atoms with van der Waals surface area (Å²) in [7, 11) is 0. The van der Waals surface area contributed by atoms with Crippen LogP contribution in [0.1, 0.15) is 39.2 Å². The van der Waals surface area contributed by atoms with Gasteiger partial charge in [-0.15, -0.1) is 0 Å². The van der Waals surface area contributed by atoms with Crippen molar-refractivity contribution < 1.29 is 4.79 Å². The van der Waals surface area contributed by atoms with E-state index in [2.05, 4.69) is 46.5 Å². The van der Waals surface area contributed by atoms with Crippen LogP contribution < -0.4 is 16.2 Å². The van der Waals surface area contributed by atoms with Crippen molar-refractivity contribution in [3.05, 3.63) is 71.2 Å². The molecular formula is C27H32N6O2. The number of aromatic nitrogens is 4. The molecule has 8 nitrogen and oxygen atoms in total. The number of hydrogen-bond donors (Lipinski definition) is 2. The van der Waals surface area contributed by atoms with Gasteiger partial charge in [0.15, 0.2) is 0 Å². The molecule has 6 rings (SSSR count). The fourth-order valence-electron chi connectivity index (χ4n) is 5.94. The summed E-state index contributed by atoms with van der Waals surface area (Å²) in [5.74, 6) is 1.60. The van der Waals surface area contributed by atoms with E-state index in [1.54, 1.807) is 31.0 Å². The van der Waals surface area contributed by atoms with Gasteiger partial charge in [-0.3, -0.25) is 19.6 Å². The largest absolute Gasteiger partial charge is 0.380 e. The molecule has 0 aliphatic heterocycles. The predicted molar refractivity (Wildman–Crippen MR) is 134 cm³/mol. The minimum absolute atomic E-state index is 0.152. The molecule has 8 heteroatoms. The molecule has 3 aliphatic carbocycles. The standard InChI is InChI=1S/C27H32N6O2/c1-17-21-12-20(27(21,2)3)13-22(17)32-23-15-31-33(26(35)25(23)19-6-10-29-11-7-19)16-24(34)30-14-18-4-8-28-9-5-18/h4-11,15,17,20-22,32H,12-14,16H2,1-3H3,(H,30,34)/t17-,20+,21-,22-/m1/s1. The van der Waals surface area contributed by atoms with Gasteiger partial charge in [-0.1, -0.05) is 20.8 Å². The van der Waals surface area contributed by atoms with Crippen LogP contribution in [0, 0.1) is 23.2 Å². The molecule has 3 aliphatic rings. The Morgan fingerprint density at radius 2 is 1.77 bits per heavy atom. The maximum absolute atomic E-state index is 13.6. The summed E-state index contributed by atoms with van der Waals surface area (Å²) < 4.78 is 1.23. The number of pyridine rings is 2. The highest BCUT2D eigenvalue weighted by molar-refractivity contribution is 5.78. The number of carbonyl (C=O) groups excluding carboxylic acids is 1. The molecule has 3 aromatic rings. The van der Waals surface area contributed by atoms with Crippen LogP contribution in [0.2, 0.25) is 0 Å². The van der Waals surface area contributed by atoms with Crippen molar-refractivity contribution in [2.24, 2.45) is 23.2 Å². The molecule has 0 saturated heterocycles. The van der Waals surface area contributed by atoms with Crippen LogP contribution in [0.4, 0.5) is 5.69 Å². The first-order valence-electron chi connectivity index (χ1n) is 12.3. The van der Waals surface area contributed by atoms with Crippen LogP contribution in [-0.2, 0) is 17.9 Å². The summed E-state index contributed by atoms with van der Waals surface area (Å²) in [6.07, 6.45) is 10.8. The third-order valence-electron chi connectivity index (χ3n) is 8.24. The summed E-state index contributed by atoms with van der Waals surface area (Å²) in [4.78, 5) is 34.2. The van der Waals surface area contributed by atoms with E-state index in [9.17, 15) is 9.59 Å². The Morgan fingerprint density at radius 3 is 2.43 bits per heavy atom. The van der Waals surface area contributed by atoms with E-state index in [-0.39, 0.29) is 24.1 Å². The fraction of sp³-hybridized carbons (Fsp3) is 0.444. The van der Waals surface area contributed by atoms with E-state index in [1.807, 2.05) is 24.3 Å². The van der Waals surface area contributed by atoms with Gasteiger partial charge in [0, 0.05) is 37.4 Å². The van der Waals surface area contributed by atoms with Gasteiger partial charge in [0.2, 0.25) is 5.91 Å². The molecule has 3 fully saturated rings. The average molecular weight is 473 g/mol. The molecule has 4 atom stereocenters. The van der Waals surface area contributed by atoms with Crippen molar-refractivity contribution in [2.45, 2.75) is 52.7 Å². The van der Waals surface area contributed by atoms with Crippen LogP contribution in [0.3, 0.4) is 0 Å². The summed E-state index contributed by atoms with van der Waals surface area (Å²) in [6, 6.07) is 7.60. The minimum atomic E-state index is -0.297. The van der Waals surface area contributed by atoms with Gasteiger partial charge in [-0.05, 0) is 71.4 Å². The molecular weight excluding hydrogens is 440 g/mol. The number of rotatable bonds is 7. The third kappa shape index (κ3) is 4.45. The Bertz CT molecular complexity index is 1260. The van der Waals surface area contributed by atoms with Crippen molar-refractivity contribution in [3.8, 4) is 11.1 Å². The molecule has 3 aromatic heterocycles. The van der Waals surface area contributed by atoms with Crippen molar-refractivity contribution in [2.75, 3.05) is 5.32 Å². The highest BCUT2D eigenvalue weighted by Crippen LogP contribution is 2.61. The molecule has 0 aromatic carbocycles. The summed E-state index contributed by atoms with van der Waals surface area (Å²) in [5.41, 5.74) is 3.02. The zero-order chi connectivity index (χ0) is 24.6. The molecule has 0 radical (unpaired) electrons. The van der Waals surface area contributed by atoms with Crippen LogP contribution >= 0.6 is 0 Å². The average Bonchev–Trinajstić information content (AvgIpc) is 2.86. The SMILES string of the molecule is C[C@@H]1[C@H]2C[C@@H](C[C@H]1Nc1cnn(CC(=O)NCc3ccncc3)c(=O)c1-c1ccncc1)C2(C)C. The monoisotopic (exact) mass is 472 g/mol. The number of nitrogens with zero attached hydrogens (tertiary/aromatic N) is 4. The number of amides is 1. The van der Waals surface area contributed by atoms with Crippen molar-refractivity contribution in [3.63, 3.8) is 0 Å². The molecule has 1 amide bonds. The van der Waals surface area contributed by atoms with Gasteiger partial charge in [0.1, 0.15) is 6.54 Å². The zero-order valence-electron chi connectivity index (χ0n) is 20.4. The second-order valence-electron chi connectivity index (χ2n) is 10.5. The van der Waals surface area contributed by atoms with E-state index in [0.717, 1.165) is 17.5 Å². The van der Waals surface area contributed by atoms with Gasteiger partial charge in [0.25, 0.3) is 5.56 Å². The predicted octanol–water partition coefficient (Wildman–Crippen LogP) is 3.50. The summed E-state index contributed by atoms with van der Waals surface area (Å²) in [5, 5.41) is 10.9. The maximum atomic E-state index is 13.6. The second kappa shape index (κ2) is 9.24. The number of carbonyl (C=O) groups is 1. The molecule has 3 saturated carbocycles. The number of fused-ring (bicyclic) bond motifs is 2. The highest BCUT2D eigenvalue weighted by atomic mass is 16.2. The lowest BCUT2D eigenvalue weighted by Crippen LogP contribution is -2.58. The summed E-state index contributed by atoms with van der Waals surface area (Å²) >= 11 is 0. The molecule has 0 spiro atoms. The van der Waals surface area contributed by atoms with Gasteiger partial charge < -0.3 is 10.6 Å². The lowest BCUT2D eigenvalue weighted by Gasteiger charge is -2.62. The quantitative estimate of drug-likeness (QED) is 0.546. The first-order valence-corrected chi connectivity index (χ1v) is 12.3. The second-order valence-corrected chi connectivity index (χ2v) is 10.5. The molecule has 182 valence electrons. The molecule has 3 heterocycles. The van der Waals surface area contributed by atoms with E-state index in [4.69, 9.17) is 0 Å². The fourth-order valence-corrected chi connectivity index (χ4v) is 5.94. The Balaban J connectivity index is 1.38. The zero-order valence-corrected chi connectivity index (χ0v) is 20.4. The minimum Gasteiger partial charge on any atom is -0.380 e. The van der Waals surface area contributed by atoms with E-state index < -0.39 is 0 Å². The smallest absolute Gasteiger partial charge is 0.277 e. The summed E-state index contributed by atoms with van der Waals surface area (Å²) in [6.45, 7) is 7.28. The van der Waals surface area contributed by atoms with Gasteiger partial charge in [-0.25, -0.2) is 4.68 Å². The normalized spacial score (nSPS) is 24.3. The maximum Gasteiger partial charge on any atom is 0.277 e. The van der Waals surface area contributed by atoms with E-state index in [0.29, 0.717) is 41.0 Å². The number of anilines is 1. The topological polar surface area (TPSA) is 102 Å². The molecule has 2 N–H and O–H groups in total. The highest BCUT2D eigenvalue weighted by Gasteiger charge is 2.56. The first-order chi connectivity index (χ1) is 16.8. The van der Waals surface area contributed by atoms with Crippen LogP contribution in [0.25, 0.3) is 11.1 Å². The van der Waals surface area contributed by atoms with Crippen LogP contribution in [0.5, 0.6) is 0 Å². The van der Waals surface area contributed by atoms with Crippen molar-refractivity contribution >= 4 is 11.6 Å². The van der Waals surface area contributed by atoms with Gasteiger partial charge in [-0.2, -0.15) is 5.10 Å². The van der Waals surface area contributed by atoms with E-state index in [1.165, 1.54) is 11.1 Å². The Hall–Kier alpha value is -3.55. The lowest BCUT2D eigenvalue weighted by molar-refractivity contribution is -0.122. The van der Waals surface area contributed by atoms with E-state index >= 15 is 0 Å². The number of nitrogens with one attached hydrogen (secondary N) is 2. The molecule has 0 unspecified atom stereocenters. The van der Waals surface area contributed by atoms with Gasteiger partial charge >= 0.3 is 0 Å². The van der Waals surface area contributed by atoms with Crippen molar-refractivity contribution in [1.82, 2.24) is 25.1 Å². The molecule has 35 heavy (non-hydrogen) atoms.